The first-order valence-electron chi connectivity index (χ1n) is 7.08. The number of aliphatic hydroxyl groups excluding tert-OH is 1. The molecule has 0 spiro atoms. The molecule has 2 aromatic rings. The lowest BCUT2D eigenvalue weighted by atomic mass is 10.2. The van der Waals surface area contributed by atoms with E-state index in [1.54, 1.807) is 0 Å². The minimum atomic E-state index is -0.519. The summed E-state index contributed by atoms with van der Waals surface area (Å²) >= 11 is 0. The number of rotatable bonds is 6. The molecule has 0 unspecified atom stereocenters. The normalized spacial score (nSPS) is 12.0. The number of aryl methyl sites for hydroxylation is 3. The standard InChI is InChI=1S/C16H22N4O/c1-11-6-4-5-7-15(11)17-9-14(21)10-18-16-19-12(2)8-13(3)20-16/h4-8,14,17,21H,9-10H2,1-3H3,(H,18,19,20)/t14-/m1/s1. The maximum Gasteiger partial charge on any atom is 0.223 e. The fourth-order valence-electron chi connectivity index (χ4n) is 2.09. The fraction of sp³-hybridized carbons (Fsp3) is 0.375. The monoisotopic (exact) mass is 286 g/mol. The Morgan fingerprint density at radius 2 is 1.62 bits per heavy atom. The molecule has 1 aromatic heterocycles. The van der Waals surface area contributed by atoms with Crippen LogP contribution in [0.3, 0.4) is 0 Å². The van der Waals surface area contributed by atoms with Gasteiger partial charge >= 0.3 is 0 Å². The lowest BCUT2D eigenvalue weighted by Crippen LogP contribution is -2.28. The molecule has 1 heterocycles. The van der Waals surface area contributed by atoms with E-state index in [0.29, 0.717) is 19.0 Å². The maximum atomic E-state index is 10.0. The van der Waals surface area contributed by atoms with Gasteiger partial charge in [-0.1, -0.05) is 18.2 Å². The summed E-state index contributed by atoms with van der Waals surface area (Å²) in [5.41, 5.74) is 4.03. The zero-order valence-electron chi connectivity index (χ0n) is 12.7. The van der Waals surface area contributed by atoms with Gasteiger partial charge in [0.2, 0.25) is 5.95 Å². The van der Waals surface area contributed by atoms with E-state index in [0.717, 1.165) is 22.6 Å². The van der Waals surface area contributed by atoms with Crippen molar-refractivity contribution in [1.82, 2.24) is 9.97 Å². The number of benzene rings is 1. The summed E-state index contributed by atoms with van der Waals surface area (Å²) in [6.07, 6.45) is -0.519. The second kappa shape index (κ2) is 7.04. The highest BCUT2D eigenvalue weighted by atomic mass is 16.3. The molecule has 2 rings (SSSR count). The largest absolute Gasteiger partial charge is 0.389 e. The Kier molecular flexibility index (Phi) is 5.11. The van der Waals surface area contributed by atoms with Crippen molar-refractivity contribution in [3.63, 3.8) is 0 Å². The molecule has 0 aliphatic rings. The van der Waals surface area contributed by atoms with E-state index in [4.69, 9.17) is 0 Å². The van der Waals surface area contributed by atoms with E-state index < -0.39 is 6.10 Å². The van der Waals surface area contributed by atoms with Crippen molar-refractivity contribution in [1.29, 1.82) is 0 Å². The number of hydrogen-bond acceptors (Lipinski definition) is 5. The van der Waals surface area contributed by atoms with Crippen LogP contribution in [0.5, 0.6) is 0 Å². The number of nitrogens with one attached hydrogen (secondary N) is 2. The van der Waals surface area contributed by atoms with Gasteiger partial charge in [-0.05, 0) is 38.5 Å². The van der Waals surface area contributed by atoms with Crippen molar-refractivity contribution in [2.24, 2.45) is 0 Å². The van der Waals surface area contributed by atoms with Gasteiger partial charge in [0.25, 0.3) is 0 Å². The first-order chi connectivity index (χ1) is 10.0. The van der Waals surface area contributed by atoms with Crippen LogP contribution in [0.2, 0.25) is 0 Å². The van der Waals surface area contributed by atoms with Crippen LogP contribution < -0.4 is 10.6 Å². The van der Waals surface area contributed by atoms with Crippen molar-refractivity contribution in [2.45, 2.75) is 26.9 Å². The van der Waals surface area contributed by atoms with Gasteiger partial charge in [0.05, 0.1) is 6.10 Å². The molecule has 1 atom stereocenters. The topological polar surface area (TPSA) is 70.1 Å². The first-order valence-corrected chi connectivity index (χ1v) is 7.08. The van der Waals surface area contributed by atoms with Gasteiger partial charge < -0.3 is 15.7 Å². The van der Waals surface area contributed by atoms with Crippen LogP contribution in [0, 0.1) is 20.8 Å². The van der Waals surface area contributed by atoms with Crippen LogP contribution in [-0.2, 0) is 0 Å². The smallest absolute Gasteiger partial charge is 0.223 e. The predicted molar refractivity (Wildman–Crippen MR) is 85.7 cm³/mol. The van der Waals surface area contributed by atoms with Gasteiger partial charge in [-0.3, -0.25) is 0 Å². The van der Waals surface area contributed by atoms with Crippen LogP contribution in [-0.4, -0.2) is 34.3 Å². The molecule has 5 heteroatoms. The molecule has 0 fully saturated rings. The minimum Gasteiger partial charge on any atom is -0.389 e. The zero-order chi connectivity index (χ0) is 15.2. The Morgan fingerprint density at radius 1 is 1.00 bits per heavy atom. The van der Waals surface area contributed by atoms with E-state index in [1.807, 2.05) is 51.1 Å². The highest BCUT2D eigenvalue weighted by Gasteiger charge is 2.06. The summed E-state index contributed by atoms with van der Waals surface area (Å²) in [5, 5.41) is 16.3. The molecule has 1 aromatic carbocycles. The summed E-state index contributed by atoms with van der Waals surface area (Å²) < 4.78 is 0. The Bertz CT molecular complexity index is 580. The van der Waals surface area contributed by atoms with E-state index in [9.17, 15) is 5.11 Å². The lowest BCUT2D eigenvalue weighted by Gasteiger charge is -2.15. The Balaban J connectivity index is 1.82. The average molecular weight is 286 g/mol. The van der Waals surface area contributed by atoms with E-state index >= 15 is 0 Å². The van der Waals surface area contributed by atoms with Crippen molar-refractivity contribution < 1.29 is 5.11 Å². The van der Waals surface area contributed by atoms with E-state index in [1.165, 1.54) is 0 Å². The number of nitrogens with zero attached hydrogens (tertiary/aromatic N) is 2. The molecule has 0 bridgehead atoms. The zero-order valence-corrected chi connectivity index (χ0v) is 12.7. The van der Waals surface area contributed by atoms with Gasteiger partial charge in [-0.15, -0.1) is 0 Å². The summed E-state index contributed by atoms with van der Waals surface area (Å²) in [4.78, 5) is 8.57. The summed E-state index contributed by atoms with van der Waals surface area (Å²) in [6.45, 7) is 6.77. The van der Waals surface area contributed by atoms with Crippen LogP contribution in [0.15, 0.2) is 30.3 Å². The number of aromatic nitrogens is 2. The molecular weight excluding hydrogens is 264 g/mol. The number of anilines is 2. The van der Waals surface area contributed by atoms with Crippen molar-refractivity contribution in [3.05, 3.63) is 47.3 Å². The van der Waals surface area contributed by atoms with Crippen molar-refractivity contribution in [2.75, 3.05) is 23.7 Å². The third kappa shape index (κ3) is 4.72. The molecule has 0 amide bonds. The maximum absolute atomic E-state index is 10.0. The molecule has 3 N–H and O–H groups in total. The SMILES string of the molecule is Cc1cc(C)nc(NC[C@H](O)CNc2ccccc2C)n1. The molecule has 112 valence electrons. The Morgan fingerprint density at radius 3 is 2.29 bits per heavy atom. The fourth-order valence-corrected chi connectivity index (χ4v) is 2.09. The highest BCUT2D eigenvalue weighted by molar-refractivity contribution is 5.50. The second-order valence-electron chi connectivity index (χ2n) is 5.20. The van der Waals surface area contributed by atoms with Gasteiger partial charge in [-0.2, -0.15) is 0 Å². The quantitative estimate of drug-likeness (QED) is 0.760. The molecule has 0 saturated carbocycles. The lowest BCUT2D eigenvalue weighted by molar-refractivity contribution is 0.200. The number of aliphatic hydroxyl groups is 1. The van der Waals surface area contributed by atoms with Crippen LogP contribution in [0.25, 0.3) is 0 Å². The van der Waals surface area contributed by atoms with Crippen LogP contribution in [0.1, 0.15) is 17.0 Å². The summed E-state index contributed by atoms with van der Waals surface area (Å²) in [6, 6.07) is 9.93. The van der Waals surface area contributed by atoms with Gasteiger partial charge in [0.15, 0.2) is 0 Å². The van der Waals surface area contributed by atoms with E-state index in [2.05, 4.69) is 20.6 Å². The highest BCUT2D eigenvalue weighted by Crippen LogP contribution is 2.12. The molecule has 21 heavy (non-hydrogen) atoms. The third-order valence-corrected chi connectivity index (χ3v) is 3.15. The van der Waals surface area contributed by atoms with Gasteiger partial charge in [0.1, 0.15) is 0 Å². The Hall–Kier alpha value is -2.14. The predicted octanol–water partition coefficient (Wildman–Crippen LogP) is 2.29. The summed E-state index contributed by atoms with van der Waals surface area (Å²) in [5.74, 6) is 0.558. The molecular formula is C16H22N4O. The molecule has 0 aliphatic carbocycles. The number of para-hydroxylation sites is 1. The summed E-state index contributed by atoms with van der Waals surface area (Å²) in [7, 11) is 0. The first kappa shape index (κ1) is 15.3. The third-order valence-electron chi connectivity index (χ3n) is 3.15. The Labute approximate surface area is 125 Å². The van der Waals surface area contributed by atoms with Gasteiger partial charge in [0, 0.05) is 30.2 Å². The number of hydrogen-bond donors (Lipinski definition) is 3. The van der Waals surface area contributed by atoms with Crippen molar-refractivity contribution in [3.8, 4) is 0 Å². The van der Waals surface area contributed by atoms with Crippen LogP contribution >= 0.6 is 0 Å². The second-order valence-corrected chi connectivity index (χ2v) is 5.20. The van der Waals surface area contributed by atoms with Crippen molar-refractivity contribution >= 4 is 11.6 Å². The van der Waals surface area contributed by atoms with E-state index in [-0.39, 0.29) is 0 Å². The minimum absolute atomic E-state index is 0.405. The molecule has 0 saturated heterocycles. The average Bonchev–Trinajstić information content (AvgIpc) is 2.43. The molecule has 5 nitrogen and oxygen atoms in total. The van der Waals surface area contributed by atoms with Gasteiger partial charge in [-0.25, -0.2) is 9.97 Å². The molecule has 0 aliphatic heterocycles. The van der Waals surface area contributed by atoms with Crippen LogP contribution in [0.4, 0.5) is 11.6 Å². The molecule has 0 radical (unpaired) electrons.